The van der Waals surface area contributed by atoms with Crippen molar-refractivity contribution in [3.05, 3.63) is 30.1 Å². The van der Waals surface area contributed by atoms with Crippen LogP contribution < -0.4 is 5.32 Å². The smallest absolute Gasteiger partial charge is 0.319 e. The van der Waals surface area contributed by atoms with E-state index >= 15 is 0 Å². The molecule has 1 aromatic carbocycles. The number of para-hydroxylation sites is 1. The van der Waals surface area contributed by atoms with Crippen LogP contribution in [0.3, 0.4) is 0 Å². The average Bonchev–Trinajstić information content (AvgIpc) is 2.32. The second-order valence-electron chi connectivity index (χ2n) is 4.95. The van der Waals surface area contributed by atoms with E-state index in [1.807, 2.05) is 18.7 Å². The van der Waals surface area contributed by atoms with Gasteiger partial charge in [-0.3, -0.25) is 0 Å². The number of hydrogen-bond donors (Lipinski definition) is 1. The van der Waals surface area contributed by atoms with E-state index in [0.717, 1.165) is 19.3 Å². The minimum Gasteiger partial charge on any atom is -0.319 e. The predicted molar refractivity (Wildman–Crippen MR) is 70.0 cm³/mol. The van der Waals surface area contributed by atoms with Gasteiger partial charge in [0, 0.05) is 12.1 Å². The summed E-state index contributed by atoms with van der Waals surface area (Å²) in [7, 11) is 0. The normalized spacial score (nSPS) is 23.8. The third-order valence-electron chi connectivity index (χ3n) is 3.54. The summed E-state index contributed by atoms with van der Waals surface area (Å²) in [5, 5.41) is 2.65. The molecule has 0 saturated carbocycles. The summed E-state index contributed by atoms with van der Waals surface area (Å²) < 4.78 is 13.5. The third kappa shape index (κ3) is 2.63. The van der Waals surface area contributed by atoms with Crippen LogP contribution in [0, 0.1) is 5.82 Å². The zero-order chi connectivity index (χ0) is 13.1. The highest BCUT2D eigenvalue weighted by molar-refractivity contribution is 5.89. The predicted octanol–water partition coefficient (Wildman–Crippen LogP) is 3.62. The van der Waals surface area contributed by atoms with Gasteiger partial charge in [0.15, 0.2) is 0 Å². The fourth-order valence-electron chi connectivity index (χ4n) is 2.56. The first kappa shape index (κ1) is 12.9. The summed E-state index contributed by atoms with van der Waals surface area (Å²) in [6.45, 7) is 4.08. The van der Waals surface area contributed by atoms with Gasteiger partial charge in [0.1, 0.15) is 5.82 Å². The first-order valence-electron chi connectivity index (χ1n) is 6.43. The number of piperidine rings is 1. The van der Waals surface area contributed by atoms with Gasteiger partial charge in [0.25, 0.3) is 0 Å². The Morgan fingerprint density at radius 2 is 1.89 bits per heavy atom. The van der Waals surface area contributed by atoms with Crippen molar-refractivity contribution in [2.24, 2.45) is 0 Å². The van der Waals surface area contributed by atoms with Gasteiger partial charge >= 0.3 is 6.03 Å². The van der Waals surface area contributed by atoms with Gasteiger partial charge in [-0.1, -0.05) is 12.1 Å². The molecule has 1 aliphatic rings. The molecule has 2 atom stereocenters. The van der Waals surface area contributed by atoms with Crippen molar-refractivity contribution >= 4 is 11.7 Å². The number of benzene rings is 1. The van der Waals surface area contributed by atoms with Gasteiger partial charge in [-0.05, 0) is 45.2 Å². The Labute approximate surface area is 107 Å². The number of rotatable bonds is 1. The summed E-state index contributed by atoms with van der Waals surface area (Å²) in [5.74, 6) is -0.400. The molecule has 2 amide bonds. The topological polar surface area (TPSA) is 32.3 Å². The highest BCUT2D eigenvalue weighted by Gasteiger charge is 2.29. The number of carbonyl (C=O) groups excluding carboxylic acids is 1. The summed E-state index contributed by atoms with van der Waals surface area (Å²) in [6, 6.07) is 6.45. The minimum absolute atomic E-state index is 0.209. The van der Waals surface area contributed by atoms with Crippen LogP contribution in [-0.4, -0.2) is 23.0 Å². The number of halogens is 1. The van der Waals surface area contributed by atoms with Gasteiger partial charge < -0.3 is 10.2 Å². The van der Waals surface area contributed by atoms with Crippen LogP contribution in [0.25, 0.3) is 0 Å². The first-order chi connectivity index (χ1) is 8.59. The fourth-order valence-corrected chi connectivity index (χ4v) is 2.56. The number of amides is 2. The molecule has 0 bridgehead atoms. The SMILES string of the molecule is C[C@@H]1CCC[C@H](C)N1C(=O)Nc1ccccc1F. The number of hydrogen-bond acceptors (Lipinski definition) is 1. The molecule has 1 aromatic rings. The van der Waals surface area contributed by atoms with Crippen LogP contribution >= 0.6 is 0 Å². The molecule has 0 aromatic heterocycles. The van der Waals surface area contributed by atoms with Gasteiger partial charge in [-0.2, -0.15) is 0 Å². The van der Waals surface area contributed by atoms with Crippen LogP contribution in [0.4, 0.5) is 14.9 Å². The number of likely N-dealkylation sites (tertiary alicyclic amines) is 1. The van der Waals surface area contributed by atoms with Crippen LogP contribution in [0.2, 0.25) is 0 Å². The Morgan fingerprint density at radius 1 is 1.28 bits per heavy atom. The number of nitrogens with zero attached hydrogens (tertiary/aromatic N) is 1. The standard InChI is InChI=1S/C14H19FN2O/c1-10-6-5-7-11(2)17(10)14(18)16-13-9-4-3-8-12(13)15/h3-4,8-11H,5-7H2,1-2H3,(H,16,18)/t10-,11+. The molecular weight excluding hydrogens is 231 g/mol. The Bertz CT molecular complexity index is 426. The lowest BCUT2D eigenvalue weighted by atomic mass is 9.98. The van der Waals surface area contributed by atoms with Gasteiger partial charge in [-0.25, -0.2) is 9.18 Å². The van der Waals surface area contributed by atoms with Crippen molar-refractivity contribution in [3.8, 4) is 0 Å². The molecule has 3 nitrogen and oxygen atoms in total. The van der Waals surface area contributed by atoms with Gasteiger partial charge in [-0.15, -0.1) is 0 Å². The van der Waals surface area contributed by atoms with E-state index in [9.17, 15) is 9.18 Å². The molecule has 0 aliphatic carbocycles. The molecule has 1 aliphatic heterocycles. The number of carbonyl (C=O) groups is 1. The van der Waals surface area contributed by atoms with Crippen LogP contribution in [-0.2, 0) is 0 Å². The number of nitrogens with one attached hydrogen (secondary N) is 1. The van der Waals surface area contributed by atoms with E-state index in [2.05, 4.69) is 5.32 Å². The molecule has 98 valence electrons. The molecule has 0 radical (unpaired) electrons. The van der Waals surface area contributed by atoms with Crippen molar-refractivity contribution in [3.63, 3.8) is 0 Å². The molecule has 1 saturated heterocycles. The van der Waals surface area contributed by atoms with Crippen LogP contribution in [0.15, 0.2) is 24.3 Å². The lowest BCUT2D eigenvalue weighted by Crippen LogP contribution is -2.49. The summed E-state index contributed by atoms with van der Waals surface area (Å²) in [6.07, 6.45) is 3.16. The van der Waals surface area contributed by atoms with Gasteiger partial charge in [0.2, 0.25) is 0 Å². The molecule has 0 unspecified atom stereocenters. The van der Waals surface area contributed by atoms with E-state index < -0.39 is 5.82 Å². The van der Waals surface area contributed by atoms with Crippen molar-refractivity contribution in [1.29, 1.82) is 0 Å². The monoisotopic (exact) mass is 250 g/mol. The van der Waals surface area contributed by atoms with Crippen molar-refractivity contribution < 1.29 is 9.18 Å². The van der Waals surface area contributed by atoms with E-state index in [0.29, 0.717) is 0 Å². The Balaban J connectivity index is 2.09. The molecule has 1 fully saturated rings. The maximum atomic E-state index is 13.5. The van der Waals surface area contributed by atoms with Gasteiger partial charge in [0.05, 0.1) is 5.69 Å². The van der Waals surface area contributed by atoms with Crippen LogP contribution in [0.5, 0.6) is 0 Å². The Kier molecular flexibility index (Phi) is 3.84. The maximum Gasteiger partial charge on any atom is 0.322 e. The zero-order valence-corrected chi connectivity index (χ0v) is 10.8. The quantitative estimate of drug-likeness (QED) is 0.811. The molecule has 2 rings (SSSR count). The molecule has 1 N–H and O–H groups in total. The lowest BCUT2D eigenvalue weighted by molar-refractivity contribution is 0.133. The second-order valence-corrected chi connectivity index (χ2v) is 4.95. The molecule has 18 heavy (non-hydrogen) atoms. The van der Waals surface area contributed by atoms with E-state index in [1.54, 1.807) is 18.2 Å². The molecule has 4 heteroatoms. The molecule has 1 heterocycles. The summed E-state index contributed by atoms with van der Waals surface area (Å²) in [4.78, 5) is 14.0. The minimum atomic E-state index is -0.400. The Hall–Kier alpha value is -1.58. The zero-order valence-electron chi connectivity index (χ0n) is 10.8. The highest BCUT2D eigenvalue weighted by Crippen LogP contribution is 2.24. The average molecular weight is 250 g/mol. The Morgan fingerprint density at radius 3 is 2.50 bits per heavy atom. The second kappa shape index (κ2) is 5.38. The van der Waals surface area contributed by atoms with E-state index in [-0.39, 0.29) is 23.8 Å². The first-order valence-corrected chi connectivity index (χ1v) is 6.43. The maximum absolute atomic E-state index is 13.5. The highest BCUT2D eigenvalue weighted by atomic mass is 19.1. The summed E-state index contributed by atoms with van der Waals surface area (Å²) >= 11 is 0. The van der Waals surface area contributed by atoms with E-state index in [1.165, 1.54) is 6.07 Å². The van der Waals surface area contributed by atoms with Crippen molar-refractivity contribution in [2.75, 3.05) is 5.32 Å². The lowest BCUT2D eigenvalue weighted by Gasteiger charge is -2.38. The van der Waals surface area contributed by atoms with E-state index in [4.69, 9.17) is 0 Å². The van der Waals surface area contributed by atoms with Crippen LogP contribution in [0.1, 0.15) is 33.1 Å². The number of urea groups is 1. The number of anilines is 1. The molecule has 0 spiro atoms. The molecular formula is C14H19FN2O. The van der Waals surface area contributed by atoms with Crippen molar-refractivity contribution in [1.82, 2.24) is 4.90 Å². The largest absolute Gasteiger partial charge is 0.322 e. The summed E-state index contributed by atoms with van der Waals surface area (Å²) in [5.41, 5.74) is 0.243. The third-order valence-corrected chi connectivity index (χ3v) is 3.54. The fraction of sp³-hybridized carbons (Fsp3) is 0.500. The van der Waals surface area contributed by atoms with Crippen molar-refractivity contribution in [2.45, 2.75) is 45.2 Å².